The second-order valence-corrected chi connectivity index (χ2v) is 6.46. The van der Waals surface area contributed by atoms with Crippen LogP contribution in [0.15, 0.2) is 22.8 Å². The molecule has 0 aliphatic carbocycles. The molecule has 1 aromatic heterocycles. The summed E-state index contributed by atoms with van der Waals surface area (Å²) in [5.74, 6) is 1.25. The lowest BCUT2D eigenvalue weighted by atomic mass is 9.97. The maximum atomic E-state index is 12.4. The summed E-state index contributed by atoms with van der Waals surface area (Å²) in [4.78, 5) is 16.4. The molecule has 0 spiro atoms. The third-order valence-electron chi connectivity index (χ3n) is 4.81. The first kappa shape index (κ1) is 17.3. The van der Waals surface area contributed by atoms with Crippen LogP contribution in [0.2, 0.25) is 0 Å². The number of morpholine rings is 1. The topological polar surface area (TPSA) is 67.2 Å². The highest BCUT2D eigenvalue weighted by molar-refractivity contribution is 5.73. The van der Waals surface area contributed by atoms with Crippen LogP contribution in [-0.4, -0.2) is 75.0 Å². The zero-order valence-electron chi connectivity index (χ0n) is 14.3. The van der Waals surface area contributed by atoms with Crippen LogP contribution < -0.4 is 5.32 Å². The van der Waals surface area contributed by atoms with E-state index in [0.717, 1.165) is 51.7 Å². The summed E-state index contributed by atoms with van der Waals surface area (Å²) in [6, 6.07) is 3.92. The molecule has 1 N–H and O–H groups in total. The molecule has 2 saturated heterocycles. The van der Waals surface area contributed by atoms with E-state index in [4.69, 9.17) is 13.9 Å². The number of ether oxygens (including phenoxy) is 2. The number of amides is 2. The Bertz CT molecular complexity index is 496. The summed E-state index contributed by atoms with van der Waals surface area (Å²) >= 11 is 0. The Balaban J connectivity index is 1.52. The first-order chi connectivity index (χ1) is 11.7. The first-order valence-corrected chi connectivity index (χ1v) is 8.65. The van der Waals surface area contributed by atoms with Gasteiger partial charge in [0.15, 0.2) is 0 Å². The number of rotatable bonds is 6. The SMILES string of the molecule is CN(Cc1ccco1)C(=O)NCC(C1CCOC1)N1CCOCC1. The number of nitrogens with zero attached hydrogens (tertiary/aromatic N) is 2. The summed E-state index contributed by atoms with van der Waals surface area (Å²) in [5, 5.41) is 3.08. The van der Waals surface area contributed by atoms with E-state index in [-0.39, 0.29) is 6.03 Å². The summed E-state index contributed by atoms with van der Waals surface area (Å²) < 4.78 is 16.3. The Morgan fingerprint density at radius 1 is 1.38 bits per heavy atom. The van der Waals surface area contributed by atoms with Crippen molar-refractivity contribution in [3.05, 3.63) is 24.2 Å². The Hall–Kier alpha value is -1.57. The molecule has 2 aliphatic rings. The molecule has 24 heavy (non-hydrogen) atoms. The van der Waals surface area contributed by atoms with Gasteiger partial charge in [0.1, 0.15) is 5.76 Å². The average Bonchev–Trinajstić information content (AvgIpc) is 3.30. The van der Waals surface area contributed by atoms with Crippen molar-refractivity contribution < 1.29 is 18.7 Å². The van der Waals surface area contributed by atoms with Gasteiger partial charge in [0, 0.05) is 45.2 Å². The monoisotopic (exact) mass is 337 g/mol. The fourth-order valence-corrected chi connectivity index (χ4v) is 3.39. The molecule has 0 bridgehead atoms. The minimum absolute atomic E-state index is 0.0800. The predicted molar refractivity (Wildman–Crippen MR) is 88.7 cm³/mol. The van der Waals surface area contributed by atoms with Gasteiger partial charge in [0.05, 0.1) is 32.6 Å². The molecular weight excluding hydrogens is 310 g/mol. The lowest BCUT2D eigenvalue weighted by molar-refractivity contribution is 0.00189. The maximum Gasteiger partial charge on any atom is 0.317 e. The average molecular weight is 337 g/mol. The van der Waals surface area contributed by atoms with Crippen LogP contribution in [0.25, 0.3) is 0 Å². The van der Waals surface area contributed by atoms with E-state index in [1.807, 2.05) is 12.1 Å². The van der Waals surface area contributed by atoms with Crippen LogP contribution in [0, 0.1) is 5.92 Å². The normalized spacial score (nSPS) is 23.1. The van der Waals surface area contributed by atoms with Gasteiger partial charge >= 0.3 is 6.03 Å². The lowest BCUT2D eigenvalue weighted by Gasteiger charge is -2.37. The van der Waals surface area contributed by atoms with Crippen molar-refractivity contribution in [2.45, 2.75) is 19.0 Å². The fourth-order valence-electron chi connectivity index (χ4n) is 3.39. The molecule has 7 heteroatoms. The molecule has 3 heterocycles. The van der Waals surface area contributed by atoms with E-state index >= 15 is 0 Å². The van der Waals surface area contributed by atoms with Gasteiger partial charge in [-0.2, -0.15) is 0 Å². The fraction of sp³-hybridized carbons (Fsp3) is 0.706. The highest BCUT2D eigenvalue weighted by atomic mass is 16.5. The van der Waals surface area contributed by atoms with Gasteiger partial charge in [-0.05, 0) is 18.6 Å². The van der Waals surface area contributed by atoms with E-state index in [9.17, 15) is 4.79 Å². The molecule has 2 atom stereocenters. The smallest absolute Gasteiger partial charge is 0.317 e. The van der Waals surface area contributed by atoms with Crippen molar-refractivity contribution in [3.8, 4) is 0 Å². The van der Waals surface area contributed by atoms with Gasteiger partial charge < -0.3 is 24.1 Å². The van der Waals surface area contributed by atoms with Gasteiger partial charge in [0.2, 0.25) is 0 Å². The quantitative estimate of drug-likeness (QED) is 0.844. The number of urea groups is 1. The number of hydrogen-bond donors (Lipinski definition) is 1. The molecule has 0 aromatic carbocycles. The first-order valence-electron chi connectivity index (χ1n) is 8.65. The van der Waals surface area contributed by atoms with Crippen molar-refractivity contribution >= 4 is 6.03 Å². The third-order valence-corrected chi connectivity index (χ3v) is 4.81. The predicted octanol–water partition coefficient (Wildman–Crippen LogP) is 1.16. The summed E-state index contributed by atoms with van der Waals surface area (Å²) in [6.07, 6.45) is 2.68. The van der Waals surface area contributed by atoms with Crippen molar-refractivity contribution in [2.75, 3.05) is 53.1 Å². The third kappa shape index (κ3) is 4.49. The summed E-state index contributed by atoms with van der Waals surface area (Å²) in [5.41, 5.74) is 0. The van der Waals surface area contributed by atoms with Crippen molar-refractivity contribution in [1.29, 1.82) is 0 Å². The van der Waals surface area contributed by atoms with Gasteiger partial charge in [-0.25, -0.2) is 4.79 Å². The standard InChI is InChI=1S/C17H27N3O4/c1-19(12-15-3-2-7-24-15)17(21)18-11-16(14-4-8-23-13-14)20-5-9-22-10-6-20/h2-3,7,14,16H,4-6,8-13H2,1H3,(H,18,21). The van der Waals surface area contributed by atoms with Gasteiger partial charge in [-0.1, -0.05) is 0 Å². The molecule has 2 aliphatic heterocycles. The molecule has 2 fully saturated rings. The zero-order chi connectivity index (χ0) is 16.8. The summed E-state index contributed by atoms with van der Waals surface area (Å²) in [6.45, 7) is 6.05. The van der Waals surface area contributed by atoms with Crippen LogP contribution in [0.1, 0.15) is 12.2 Å². The number of carbonyl (C=O) groups excluding carboxylic acids is 1. The molecule has 2 unspecified atom stereocenters. The molecule has 3 rings (SSSR count). The Labute approximate surface area is 142 Å². The summed E-state index contributed by atoms with van der Waals surface area (Å²) in [7, 11) is 1.78. The van der Waals surface area contributed by atoms with E-state index in [1.165, 1.54) is 0 Å². The van der Waals surface area contributed by atoms with Crippen LogP contribution >= 0.6 is 0 Å². The van der Waals surface area contributed by atoms with Gasteiger partial charge in [-0.15, -0.1) is 0 Å². The van der Waals surface area contributed by atoms with Gasteiger partial charge in [0.25, 0.3) is 0 Å². The van der Waals surface area contributed by atoms with Crippen LogP contribution in [0.4, 0.5) is 4.79 Å². The van der Waals surface area contributed by atoms with Crippen LogP contribution in [0.5, 0.6) is 0 Å². The second kappa shape index (κ2) is 8.50. The minimum Gasteiger partial charge on any atom is -0.467 e. The number of furan rings is 1. The highest BCUT2D eigenvalue weighted by Crippen LogP contribution is 2.22. The largest absolute Gasteiger partial charge is 0.467 e. The van der Waals surface area contributed by atoms with Crippen LogP contribution in [-0.2, 0) is 16.0 Å². The molecule has 7 nitrogen and oxygen atoms in total. The highest BCUT2D eigenvalue weighted by Gasteiger charge is 2.32. The van der Waals surface area contributed by atoms with E-state index in [2.05, 4.69) is 10.2 Å². The number of hydrogen-bond acceptors (Lipinski definition) is 5. The Kier molecular flexibility index (Phi) is 6.12. The molecule has 0 radical (unpaired) electrons. The van der Waals surface area contributed by atoms with Crippen molar-refractivity contribution in [3.63, 3.8) is 0 Å². The van der Waals surface area contributed by atoms with E-state index in [0.29, 0.717) is 25.0 Å². The molecular formula is C17H27N3O4. The molecule has 1 aromatic rings. The molecule has 134 valence electrons. The van der Waals surface area contributed by atoms with Gasteiger partial charge in [-0.3, -0.25) is 4.90 Å². The Morgan fingerprint density at radius 3 is 2.88 bits per heavy atom. The van der Waals surface area contributed by atoms with E-state index < -0.39 is 0 Å². The second-order valence-electron chi connectivity index (χ2n) is 6.46. The molecule has 0 saturated carbocycles. The Morgan fingerprint density at radius 2 is 2.21 bits per heavy atom. The lowest BCUT2D eigenvalue weighted by Crippen LogP contribution is -2.53. The van der Waals surface area contributed by atoms with E-state index in [1.54, 1.807) is 18.2 Å². The van der Waals surface area contributed by atoms with Crippen molar-refractivity contribution in [2.24, 2.45) is 5.92 Å². The minimum atomic E-state index is -0.0800. The maximum absolute atomic E-state index is 12.4. The molecule has 2 amide bonds. The van der Waals surface area contributed by atoms with Crippen LogP contribution in [0.3, 0.4) is 0 Å². The zero-order valence-corrected chi connectivity index (χ0v) is 14.3. The number of nitrogens with one attached hydrogen (secondary N) is 1. The van der Waals surface area contributed by atoms with Crippen molar-refractivity contribution in [1.82, 2.24) is 15.1 Å². The number of carbonyl (C=O) groups is 1.